The summed E-state index contributed by atoms with van der Waals surface area (Å²) in [6, 6.07) is 5.52. The lowest BCUT2D eigenvalue weighted by molar-refractivity contribution is -0.0797. The second kappa shape index (κ2) is 3.86. The minimum atomic E-state index is 0.202. The van der Waals surface area contributed by atoms with Crippen molar-refractivity contribution >= 4 is 27.5 Å². The molecule has 0 amide bonds. The third-order valence-electron chi connectivity index (χ3n) is 1.80. The molecule has 0 aromatic heterocycles. The van der Waals surface area contributed by atoms with E-state index in [9.17, 15) is 0 Å². The lowest BCUT2D eigenvalue weighted by atomic mass is 10.3. The topological polar surface area (TPSA) is 18.5 Å². The zero-order valence-electron chi connectivity index (χ0n) is 6.80. The molecule has 70 valence electrons. The van der Waals surface area contributed by atoms with Crippen LogP contribution in [0.15, 0.2) is 22.7 Å². The number of halogens is 2. The molecule has 0 bridgehead atoms. The molecule has 1 fully saturated rings. The lowest BCUT2D eigenvalue weighted by Crippen LogP contribution is -2.38. The van der Waals surface area contributed by atoms with E-state index in [1.807, 2.05) is 12.1 Å². The van der Waals surface area contributed by atoms with Crippen molar-refractivity contribution in [1.82, 2.24) is 0 Å². The molecule has 1 saturated heterocycles. The Labute approximate surface area is 89.9 Å². The minimum absolute atomic E-state index is 0.202. The molecular weight excluding hydrogens is 255 g/mol. The molecule has 1 aliphatic rings. The van der Waals surface area contributed by atoms with Gasteiger partial charge in [0.15, 0.2) is 0 Å². The van der Waals surface area contributed by atoms with E-state index in [1.54, 1.807) is 6.07 Å². The average molecular weight is 264 g/mol. The fourth-order valence-corrected chi connectivity index (χ4v) is 1.50. The summed E-state index contributed by atoms with van der Waals surface area (Å²) in [4.78, 5) is 0. The largest absolute Gasteiger partial charge is 0.486 e. The molecule has 0 saturated carbocycles. The van der Waals surface area contributed by atoms with E-state index < -0.39 is 0 Å². The van der Waals surface area contributed by atoms with Crippen molar-refractivity contribution < 1.29 is 9.47 Å². The van der Waals surface area contributed by atoms with Crippen molar-refractivity contribution in [3.05, 3.63) is 27.7 Å². The Kier molecular flexibility index (Phi) is 2.77. The van der Waals surface area contributed by atoms with Gasteiger partial charge in [-0.2, -0.15) is 0 Å². The fourth-order valence-electron chi connectivity index (χ4n) is 1.02. The molecule has 0 aliphatic carbocycles. The highest BCUT2D eigenvalue weighted by atomic mass is 79.9. The van der Waals surface area contributed by atoms with Gasteiger partial charge < -0.3 is 9.47 Å². The molecule has 2 nitrogen and oxygen atoms in total. The zero-order chi connectivity index (χ0) is 9.26. The normalized spacial score (nSPS) is 16.8. The number of hydrogen-bond donors (Lipinski definition) is 0. The van der Waals surface area contributed by atoms with Crippen LogP contribution in [0.5, 0.6) is 5.75 Å². The molecule has 0 unspecified atom stereocenters. The van der Waals surface area contributed by atoms with Crippen LogP contribution in [-0.4, -0.2) is 19.3 Å². The van der Waals surface area contributed by atoms with Gasteiger partial charge in [-0.05, 0) is 34.1 Å². The SMILES string of the molecule is Clc1ccc(OC2COC2)cc1Br. The summed E-state index contributed by atoms with van der Waals surface area (Å²) >= 11 is 9.17. The van der Waals surface area contributed by atoms with Gasteiger partial charge in [-0.1, -0.05) is 11.6 Å². The van der Waals surface area contributed by atoms with Crippen LogP contribution >= 0.6 is 27.5 Å². The van der Waals surface area contributed by atoms with Crippen molar-refractivity contribution in [3.63, 3.8) is 0 Å². The van der Waals surface area contributed by atoms with E-state index in [2.05, 4.69) is 15.9 Å². The monoisotopic (exact) mass is 262 g/mol. The van der Waals surface area contributed by atoms with Crippen LogP contribution in [0, 0.1) is 0 Å². The van der Waals surface area contributed by atoms with Crippen LogP contribution in [0.2, 0.25) is 5.02 Å². The fraction of sp³-hybridized carbons (Fsp3) is 0.333. The predicted octanol–water partition coefficient (Wildman–Crippen LogP) is 2.88. The summed E-state index contributed by atoms with van der Waals surface area (Å²) in [6.45, 7) is 1.36. The van der Waals surface area contributed by atoms with Gasteiger partial charge >= 0.3 is 0 Å². The Hall–Kier alpha value is -0.250. The molecule has 13 heavy (non-hydrogen) atoms. The Balaban J connectivity index is 2.07. The first-order chi connectivity index (χ1) is 6.25. The van der Waals surface area contributed by atoms with Gasteiger partial charge in [-0.15, -0.1) is 0 Å². The maximum atomic E-state index is 5.84. The van der Waals surface area contributed by atoms with Crippen molar-refractivity contribution in [2.24, 2.45) is 0 Å². The molecular formula is C9H8BrClO2. The first-order valence-corrected chi connectivity index (χ1v) is 5.12. The van der Waals surface area contributed by atoms with E-state index >= 15 is 0 Å². The van der Waals surface area contributed by atoms with Gasteiger partial charge in [-0.3, -0.25) is 0 Å². The summed E-state index contributed by atoms with van der Waals surface area (Å²) < 4.78 is 11.4. The van der Waals surface area contributed by atoms with E-state index in [-0.39, 0.29) is 6.10 Å². The molecule has 0 radical (unpaired) electrons. The molecule has 1 aromatic rings. The third kappa shape index (κ3) is 2.16. The standard InChI is InChI=1S/C9H8BrClO2/c10-8-3-6(1-2-9(8)11)13-7-4-12-5-7/h1-3,7H,4-5H2. The second-order valence-corrected chi connectivity index (χ2v) is 4.11. The maximum Gasteiger partial charge on any atom is 0.145 e. The highest BCUT2D eigenvalue weighted by Gasteiger charge is 2.20. The van der Waals surface area contributed by atoms with Crippen LogP contribution < -0.4 is 4.74 Å². The first-order valence-electron chi connectivity index (χ1n) is 3.95. The summed E-state index contributed by atoms with van der Waals surface area (Å²) in [5, 5.41) is 0.692. The third-order valence-corrected chi connectivity index (χ3v) is 3.02. The summed E-state index contributed by atoms with van der Waals surface area (Å²) in [5.74, 6) is 0.824. The second-order valence-electron chi connectivity index (χ2n) is 2.85. The number of hydrogen-bond acceptors (Lipinski definition) is 2. The molecule has 0 atom stereocenters. The van der Waals surface area contributed by atoms with E-state index in [4.69, 9.17) is 21.1 Å². The minimum Gasteiger partial charge on any atom is -0.486 e. The van der Waals surface area contributed by atoms with Crippen LogP contribution in [0.3, 0.4) is 0 Å². The van der Waals surface area contributed by atoms with Crippen molar-refractivity contribution in [2.75, 3.05) is 13.2 Å². The lowest BCUT2D eigenvalue weighted by Gasteiger charge is -2.26. The predicted molar refractivity (Wildman–Crippen MR) is 54.4 cm³/mol. The van der Waals surface area contributed by atoms with E-state index in [0.717, 1.165) is 10.2 Å². The van der Waals surface area contributed by atoms with Crippen LogP contribution in [0.4, 0.5) is 0 Å². The molecule has 4 heteroatoms. The number of ether oxygens (including phenoxy) is 2. The van der Waals surface area contributed by atoms with Crippen molar-refractivity contribution in [3.8, 4) is 5.75 Å². The highest BCUT2D eigenvalue weighted by Crippen LogP contribution is 2.27. The Morgan fingerprint density at radius 1 is 1.46 bits per heavy atom. The maximum absolute atomic E-state index is 5.84. The Morgan fingerprint density at radius 3 is 2.77 bits per heavy atom. The van der Waals surface area contributed by atoms with Crippen molar-refractivity contribution in [2.45, 2.75) is 6.10 Å². The van der Waals surface area contributed by atoms with Gasteiger partial charge in [0.2, 0.25) is 0 Å². The van der Waals surface area contributed by atoms with E-state index in [1.165, 1.54) is 0 Å². The summed E-state index contributed by atoms with van der Waals surface area (Å²) in [5.41, 5.74) is 0. The average Bonchev–Trinajstić information content (AvgIpc) is 2.04. The van der Waals surface area contributed by atoms with Crippen molar-refractivity contribution in [1.29, 1.82) is 0 Å². The molecule has 0 N–H and O–H groups in total. The van der Waals surface area contributed by atoms with Gasteiger partial charge in [-0.25, -0.2) is 0 Å². The Bertz CT molecular complexity index is 312. The van der Waals surface area contributed by atoms with E-state index in [0.29, 0.717) is 18.2 Å². The quantitative estimate of drug-likeness (QED) is 0.817. The van der Waals surface area contributed by atoms with Crippen LogP contribution in [0.25, 0.3) is 0 Å². The molecule has 1 aliphatic heterocycles. The van der Waals surface area contributed by atoms with Gasteiger partial charge in [0.05, 0.1) is 18.2 Å². The number of rotatable bonds is 2. The zero-order valence-corrected chi connectivity index (χ0v) is 9.14. The summed E-state index contributed by atoms with van der Waals surface area (Å²) in [7, 11) is 0. The smallest absolute Gasteiger partial charge is 0.145 e. The van der Waals surface area contributed by atoms with Crippen LogP contribution in [0.1, 0.15) is 0 Å². The van der Waals surface area contributed by atoms with Gasteiger partial charge in [0, 0.05) is 4.47 Å². The Morgan fingerprint density at radius 2 is 2.23 bits per heavy atom. The van der Waals surface area contributed by atoms with Gasteiger partial charge in [0.25, 0.3) is 0 Å². The molecule has 1 aromatic carbocycles. The first kappa shape index (κ1) is 9.31. The number of benzene rings is 1. The van der Waals surface area contributed by atoms with Crippen LogP contribution in [-0.2, 0) is 4.74 Å². The molecule has 0 spiro atoms. The highest BCUT2D eigenvalue weighted by molar-refractivity contribution is 9.10. The molecule has 1 heterocycles. The summed E-state index contributed by atoms with van der Waals surface area (Å²) in [6.07, 6.45) is 0.202. The van der Waals surface area contributed by atoms with Gasteiger partial charge in [0.1, 0.15) is 11.9 Å². The molecule has 2 rings (SSSR count).